The fourth-order valence-corrected chi connectivity index (χ4v) is 3.75. The van der Waals surface area contributed by atoms with Crippen molar-refractivity contribution < 1.29 is 14.3 Å². The number of ether oxygens (including phenoxy) is 2. The first kappa shape index (κ1) is 13.9. The molecule has 1 heterocycles. The molecule has 0 radical (unpaired) electrons. The number of carbonyl (C=O) groups excluding carboxylic acids is 1. The highest BCUT2D eigenvalue weighted by Crippen LogP contribution is 2.62. The lowest BCUT2D eigenvalue weighted by molar-refractivity contribution is -0.150. The van der Waals surface area contributed by atoms with Crippen molar-refractivity contribution in [1.29, 1.82) is 0 Å². The van der Waals surface area contributed by atoms with Crippen LogP contribution in [0.25, 0.3) is 0 Å². The zero-order valence-corrected chi connectivity index (χ0v) is 12.2. The first-order chi connectivity index (χ1) is 8.41. The van der Waals surface area contributed by atoms with Crippen LogP contribution in [-0.4, -0.2) is 23.8 Å². The van der Waals surface area contributed by atoms with E-state index in [0.717, 1.165) is 32.1 Å². The van der Waals surface area contributed by atoms with Crippen LogP contribution < -0.4 is 0 Å². The van der Waals surface area contributed by atoms with E-state index in [-0.39, 0.29) is 17.0 Å². The van der Waals surface area contributed by atoms with Crippen LogP contribution >= 0.6 is 0 Å². The van der Waals surface area contributed by atoms with E-state index in [4.69, 9.17) is 9.47 Å². The van der Waals surface area contributed by atoms with E-state index in [9.17, 15) is 4.79 Å². The Morgan fingerprint density at radius 1 is 1.28 bits per heavy atom. The van der Waals surface area contributed by atoms with Gasteiger partial charge in [-0.05, 0) is 44.4 Å². The number of carbonyl (C=O) groups is 1. The molecule has 0 aromatic rings. The number of epoxide rings is 1. The molecule has 2 rings (SSSR count). The quantitative estimate of drug-likeness (QED) is 0.569. The van der Waals surface area contributed by atoms with E-state index in [1.165, 1.54) is 6.42 Å². The highest BCUT2D eigenvalue weighted by atomic mass is 16.7. The Balaban J connectivity index is 2.17. The summed E-state index contributed by atoms with van der Waals surface area (Å²) in [6.07, 6.45) is 6.12. The third-order valence-corrected chi connectivity index (χ3v) is 4.47. The highest BCUT2D eigenvalue weighted by molar-refractivity contribution is 5.85. The summed E-state index contributed by atoms with van der Waals surface area (Å²) in [4.78, 5) is 12.3. The van der Waals surface area contributed by atoms with Crippen LogP contribution in [0.2, 0.25) is 0 Å². The zero-order chi connectivity index (χ0) is 13.4. The second-order valence-electron chi connectivity index (χ2n) is 6.59. The van der Waals surface area contributed by atoms with Gasteiger partial charge in [-0.15, -0.1) is 0 Å². The Labute approximate surface area is 110 Å². The van der Waals surface area contributed by atoms with Crippen LogP contribution in [0.5, 0.6) is 0 Å². The number of esters is 1. The Morgan fingerprint density at radius 3 is 2.56 bits per heavy atom. The fourth-order valence-electron chi connectivity index (χ4n) is 3.75. The maximum Gasteiger partial charge on any atom is 0.341 e. The van der Waals surface area contributed by atoms with E-state index >= 15 is 0 Å². The summed E-state index contributed by atoms with van der Waals surface area (Å²) in [6, 6.07) is 0. The summed E-state index contributed by atoms with van der Waals surface area (Å²) < 4.78 is 11.3. The molecule has 0 aromatic carbocycles. The van der Waals surface area contributed by atoms with Gasteiger partial charge in [-0.2, -0.15) is 0 Å². The van der Waals surface area contributed by atoms with Gasteiger partial charge in [0.25, 0.3) is 0 Å². The van der Waals surface area contributed by atoms with Gasteiger partial charge in [0.1, 0.15) is 5.60 Å². The van der Waals surface area contributed by atoms with E-state index in [1.807, 2.05) is 6.92 Å². The second-order valence-corrected chi connectivity index (χ2v) is 6.59. The molecule has 2 unspecified atom stereocenters. The molecular formula is C15H26O3. The van der Waals surface area contributed by atoms with Crippen LogP contribution in [0, 0.1) is 5.41 Å². The maximum absolute atomic E-state index is 12.3. The SMILES string of the molecule is CCCC1(C(=O)OCC)OC12CCCC(C)(C)C2. The molecule has 0 N–H and O–H groups in total. The summed E-state index contributed by atoms with van der Waals surface area (Å²) in [6.45, 7) is 8.95. The molecule has 3 heteroatoms. The highest BCUT2D eigenvalue weighted by Gasteiger charge is 2.75. The molecule has 0 aromatic heterocycles. The molecule has 3 nitrogen and oxygen atoms in total. The predicted octanol–water partition coefficient (Wildman–Crippen LogP) is 3.46. The molecule has 0 bridgehead atoms. The van der Waals surface area contributed by atoms with Gasteiger partial charge in [-0.3, -0.25) is 0 Å². The van der Waals surface area contributed by atoms with Crippen molar-refractivity contribution in [3.05, 3.63) is 0 Å². The molecular weight excluding hydrogens is 228 g/mol. The van der Waals surface area contributed by atoms with E-state index in [1.54, 1.807) is 0 Å². The molecule has 2 atom stereocenters. The standard InChI is InChI=1S/C15H26O3/c1-5-8-15(12(16)17-6-2)14(18-15)10-7-9-13(3,4)11-14/h5-11H2,1-4H3. The molecule has 1 saturated carbocycles. The average Bonchev–Trinajstić information content (AvgIpc) is 2.85. The summed E-state index contributed by atoms with van der Waals surface area (Å²) in [5, 5.41) is 0. The molecule has 1 saturated heterocycles. The van der Waals surface area contributed by atoms with Crippen LogP contribution in [0.1, 0.15) is 66.2 Å². The van der Waals surface area contributed by atoms with Gasteiger partial charge in [-0.1, -0.05) is 27.2 Å². The second kappa shape index (κ2) is 4.52. The lowest BCUT2D eigenvalue weighted by atomic mass is 9.67. The first-order valence-electron chi connectivity index (χ1n) is 7.29. The summed E-state index contributed by atoms with van der Waals surface area (Å²) >= 11 is 0. The topological polar surface area (TPSA) is 38.8 Å². The summed E-state index contributed by atoms with van der Waals surface area (Å²) in [5.74, 6) is -0.135. The minimum atomic E-state index is -0.630. The van der Waals surface area contributed by atoms with Crippen LogP contribution in [0.15, 0.2) is 0 Å². The molecule has 2 aliphatic rings. The number of rotatable bonds is 4. The van der Waals surface area contributed by atoms with E-state index in [0.29, 0.717) is 6.61 Å². The largest absolute Gasteiger partial charge is 0.464 e. The average molecular weight is 254 g/mol. The minimum Gasteiger partial charge on any atom is -0.464 e. The molecule has 18 heavy (non-hydrogen) atoms. The van der Waals surface area contributed by atoms with Gasteiger partial charge < -0.3 is 9.47 Å². The fraction of sp³-hybridized carbons (Fsp3) is 0.933. The van der Waals surface area contributed by atoms with E-state index in [2.05, 4.69) is 20.8 Å². The Hall–Kier alpha value is -0.570. The number of hydrogen-bond donors (Lipinski definition) is 0. The Morgan fingerprint density at radius 2 is 2.00 bits per heavy atom. The number of hydrogen-bond acceptors (Lipinski definition) is 3. The summed E-state index contributed by atoms with van der Waals surface area (Å²) in [5.41, 5.74) is -0.577. The minimum absolute atomic E-state index is 0.135. The molecule has 2 fully saturated rings. The van der Waals surface area contributed by atoms with Gasteiger partial charge in [0.05, 0.1) is 6.61 Å². The molecule has 1 aliphatic carbocycles. The van der Waals surface area contributed by atoms with Crippen LogP contribution in [-0.2, 0) is 14.3 Å². The van der Waals surface area contributed by atoms with Crippen molar-refractivity contribution in [3.63, 3.8) is 0 Å². The third-order valence-electron chi connectivity index (χ3n) is 4.47. The Kier molecular flexibility index (Phi) is 3.48. The smallest absolute Gasteiger partial charge is 0.341 e. The van der Waals surface area contributed by atoms with Gasteiger partial charge in [0.2, 0.25) is 0 Å². The van der Waals surface area contributed by atoms with Crippen LogP contribution in [0.3, 0.4) is 0 Å². The summed E-state index contributed by atoms with van der Waals surface area (Å²) in [7, 11) is 0. The monoisotopic (exact) mass is 254 g/mol. The van der Waals surface area contributed by atoms with Crippen molar-refractivity contribution in [2.75, 3.05) is 6.61 Å². The van der Waals surface area contributed by atoms with Crippen molar-refractivity contribution in [2.24, 2.45) is 5.41 Å². The van der Waals surface area contributed by atoms with Crippen molar-refractivity contribution >= 4 is 5.97 Å². The molecule has 0 amide bonds. The lowest BCUT2D eigenvalue weighted by Gasteiger charge is -2.35. The van der Waals surface area contributed by atoms with Gasteiger partial charge in [-0.25, -0.2) is 4.79 Å². The lowest BCUT2D eigenvalue weighted by Crippen LogP contribution is -2.40. The van der Waals surface area contributed by atoms with Crippen molar-refractivity contribution in [3.8, 4) is 0 Å². The normalized spacial score (nSPS) is 37.6. The van der Waals surface area contributed by atoms with Crippen LogP contribution in [0.4, 0.5) is 0 Å². The zero-order valence-electron chi connectivity index (χ0n) is 12.2. The first-order valence-corrected chi connectivity index (χ1v) is 7.29. The molecule has 104 valence electrons. The van der Waals surface area contributed by atoms with Crippen molar-refractivity contribution in [2.45, 2.75) is 77.4 Å². The van der Waals surface area contributed by atoms with Gasteiger partial charge in [0.15, 0.2) is 5.60 Å². The van der Waals surface area contributed by atoms with Gasteiger partial charge >= 0.3 is 5.97 Å². The molecule has 1 spiro atoms. The van der Waals surface area contributed by atoms with Gasteiger partial charge in [0, 0.05) is 0 Å². The van der Waals surface area contributed by atoms with Crippen molar-refractivity contribution in [1.82, 2.24) is 0 Å². The predicted molar refractivity (Wildman–Crippen MR) is 70.3 cm³/mol. The third kappa shape index (κ3) is 2.07. The Bertz CT molecular complexity index is 337. The molecule has 1 aliphatic heterocycles. The van der Waals surface area contributed by atoms with E-state index < -0.39 is 5.60 Å². The maximum atomic E-state index is 12.3.